The third-order valence-corrected chi connectivity index (χ3v) is 5.48. The first-order chi connectivity index (χ1) is 13.4. The molecule has 1 N–H and O–H groups in total. The predicted molar refractivity (Wildman–Crippen MR) is 111 cm³/mol. The van der Waals surface area contributed by atoms with Gasteiger partial charge in [-0.15, -0.1) is 0 Å². The molecule has 1 aliphatic rings. The SMILES string of the molecule is CC(=NNC(=O)C1CCN(Cc2ccc(F)cc2)CC1)c1ccc(Cl)cc1Cl. The van der Waals surface area contributed by atoms with Gasteiger partial charge in [-0.1, -0.05) is 41.4 Å². The number of rotatable bonds is 5. The number of nitrogens with one attached hydrogen (secondary N) is 1. The number of hydrazone groups is 1. The van der Waals surface area contributed by atoms with E-state index in [0.717, 1.165) is 43.6 Å². The molecule has 28 heavy (non-hydrogen) atoms. The molecular formula is C21H22Cl2FN3O. The molecule has 1 amide bonds. The monoisotopic (exact) mass is 421 g/mol. The minimum Gasteiger partial charge on any atom is -0.299 e. The molecule has 0 saturated carbocycles. The van der Waals surface area contributed by atoms with Gasteiger partial charge in [0.05, 0.1) is 10.7 Å². The van der Waals surface area contributed by atoms with E-state index in [1.807, 2.05) is 0 Å². The van der Waals surface area contributed by atoms with Gasteiger partial charge < -0.3 is 0 Å². The van der Waals surface area contributed by atoms with Gasteiger partial charge in [-0.25, -0.2) is 9.82 Å². The summed E-state index contributed by atoms with van der Waals surface area (Å²) in [5, 5.41) is 5.25. The molecule has 0 unspecified atom stereocenters. The van der Waals surface area contributed by atoms with Crippen LogP contribution in [0.15, 0.2) is 47.6 Å². The number of amides is 1. The van der Waals surface area contributed by atoms with E-state index >= 15 is 0 Å². The fraction of sp³-hybridized carbons (Fsp3) is 0.333. The summed E-state index contributed by atoms with van der Waals surface area (Å²) in [5.41, 5.74) is 5.10. The van der Waals surface area contributed by atoms with E-state index in [1.54, 1.807) is 37.3 Å². The van der Waals surface area contributed by atoms with Crippen molar-refractivity contribution in [2.45, 2.75) is 26.3 Å². The Kier molecular flexibility index (Phi) is 7.05. The van der Waals surface area contributed by atoms with Crippen LogP contribution in [0.5, 0.6) is 0 Å². The molecule has 1 aliphatic heterocycles. The van der Waals surface area contributed by atoms with E-state index in [0.29, 0.717) is 15.8 Å². The average molecular weight is 422 g/mol. The predicted octanol–water partition coefficient (Wildman–Crippen LogP) is 4.88. The second-order valence-electron chi connectivity index (χ2n) is 6.97. The highest BCUT2D eigenvalue weighted by Crippen LogP contribution is 2.22. The molecule has 1 saturated heterocycles. The maximum Gasteiger partial charge on any atom is 0.243 e. The Labute approximate surface area is 174 Å². The zero-order chi connectivity index (χ0) is 20.1. The van der Waals surface area contributed by atoms with Crippen molar-refractivity contribution in [2.24, 2.45) is 11.0 Å². The van der Waals surface area contributed by atoms with Crippen LogP contribution < -0.4 is 5.43 Å². The molecular weight excluding hydrogens is 400 g/mol. The average Bonchev–Trinajstić information content (AvgIpc) is 2.68. The van der Waals surface area contributed by atoms with Crippen molar-refractivity contribution in [3.05, 3.63) is 69.5 Å². The minimum absolute atomic E-state index is 0.0679. The lowest BCUT2D eigenvalue weighted by Gasteiger charge is -2.30. The Balaban J connectivity index is 1.50. The Morgan fingerprint density at radius 1 is 1.18 bits per heavy atom. The smallest absolute Gasteiger partial charge is 0.243 e. The molecule has 4 nitrogen and oxygen atoms in total. The van der Waals surface area contributed by atoms with Crippen LogP contribution in [0.4, 0.5) is 4.39 Å². The fourth-order valence-corrected chi connectivity index (χ4v) is 3.82. The molecule has 0 aliphatic carbocycles. The van der Waals surface area contributed by atoms with Gasteiger partial charge in [0, 0.05) is 23.0 Å². The molecule has 0 spiro atoms. The Morgan fingerprint density at radius 3 is 2.50 bits per heavy atom. The zero-order valence-corrected chi connectivity index (χ0v) is 17.1. The maximum atomic E-state index is 13.0. The minimum atomic E-state index is -0.227. The molecule has 0 atom stereocenters. The highest BCUT2D eigenvalue weighted by molar-refractivity contribution is 6.37. The van der Waals surface area contributed by atoms with Crippen LogP contribution in [-0.2, 0) is 11.3 Å². The third kappa shape index (κ3) is 5.53. The van der Waals surface area contributed by atoms with Crippen molar-refractivity contribution >= 4 is 34.8 Å². The van der Waals surface area contributed by atoms with Crippen LogP contribution in [0.2, 0.25) is 10.0 Å². The summed E-state index contributed by atoms with van der Waals surface area (Å²) in [6.45, 7) is 4.20. The molecule has 0 bridgehead atoms. The number of hydrogen-bond donors (Lipinski definition) is 1. The van der Waals surface area contributed by atoms with Gasteiger partial charge in [0.2, 0.25) is 5.91 Å². The highest BCUT2D eigenvalue weighted by atomic mass is 35.5. The number of benzene rings is 2. The van der Waals surface area contributed by atoms with Crippen molar-refractivity contribution in [2.75, 3.05) is 13.1 Å². The van der Waals surface area contributed by atoms with Gasteiger partial charge in [-0.2, -0.15) is 5.10 Å². The van der Waals surface area contributed by atoms with Crippen molar-refractivity contribution < 1.29 is 9.18 Å². The van der Waals surface area contributed by atoms with E-state index in [4.69, 9.17) is 23.2 Å². The van der Waals surface area contributed by atoms with Gasteiger partial charge >= 0.3 is 0 Å². The Hall–Kier alpha value is -1.95. The summed E-state index contributed by atoms with van der Waals surface area (Å²) in [5.74, 6) is -0.373. The van der Waals surface area contributed by atoms with Gasteiger partial charge in [-0.3, -0.25) is 9.69 Å². The van der Waals surface area contributed by atoms with Crippen LogP contribution >= 0.6 is 23.2 Å². The number of nitrogens with zero attached hydrogens (tertiary/aromatic N) is 2. The van der Waals surface area contributed by atoms with Crippen molar-refractivity contribution in [3.8, 4) is 0 Å². The van der Waals surface area contributed by atoms with Crippen LogP contribution in [0, 0.1) is 11.7 Å². The van der Waals surface area contributed by atoms with Crippen LogP contribution in [0.1, 0.15) is 30.9 Å². The first kappa shape index (κ1) is 20.8. The number of hydrogen-bond acceptors (Lipinski definition) is 3. The Bertz CT molecular complexity index is 862. The molecule has 1 fully saturated rings. The van der Waals surface area contributed by atoms with Crippen LogP contribution in [-0.4, -0.2) is 29.6 Å². The van der Waals surface area contributed by atoms with Crippen molar-refractivity contribution in [3.63, 3.8) is 0 Å². The molecule has 0 radical (unpaired) electrons. The first-order valence-electron chi connectivity index (χ1n) is 9.19. The summed E-state index contributed by atoms with van der Waals surface area (Å²) < 4.78 is 13.0. The first-order valence-corrected chi connectivity index (χ1v) is 9.94. The van der Waals surface area contributed by atoms with E-state index in [1.165, 1.54) is 12.1 Å². The number of carbonyl (C=O) groups is 1. The number of halogens is 3. The lowest BCUT2D eigenvalue weighted by Crippen LogP contribution is -2.39. The summed E-state index contributed by atoms with van der Waals surface area (Å²) in [7, 11) is 0. The molecule has 0 aromatic heterocycles. The number of piperidine rings is 1. The summed E-state index contributed by atoms with van der Waals surface area (Å²) in [6, 6.07) is 11.7. The fourth-order valence-electron chi connectivity index (χ4n) is 3.27. The van der Waals surface area contributed by atoms with E-state index in [-0.39, 0.29) is 17.6 Å². The second kappa shape index (κ2) is 9.50. The molecule has 7 heteroatoms. The standard InChI is InChI=1S/C21H22Cl2FN3O/c1-14(19-7-4-17(22)12-20(19)23)25-26-21(28)16-8-10-27(11-9-16)13-15-2-5-18(24)6-3-15/h2-7,12,16H,8-11,13H2,1H3,(H,26,28). The second-order valence-corrected chi connectivity index (χ2v) is 7.82. The molecule has 3 rings (SSSR count). The van der Waals surface area contributed by atoms with Crippen LogP contribution in [0.25, 0.3) is 0 Å². The molecule has 1 heterocycles. The number of carbonyl (C=O) groups excluding carboxylic acids is 1. The normalized spacial score (nSPS) is 16.2. The van der Waals surface area contributed by atoms with Gasteiger partial charge in [0.15, 0.2) is 0 Å². The van der Waals surface area contributed by atoms with Crippen molar-refractivity contribution in [1.29, 1.82) is 0 Å². The van der Waals surface area contributed by atoms with Gasteiger partial charge in [-0.05, 0) is 62.7 Å². The lowest BCUT2D eigenvalue weighted by atomic mass is 9.96. The zero-order valence-electron chi connectivity index (χ0n) is 15.6. The van der Waals surface area contributed by atoms with Gasteiger partial charge in [0.25, 0.3) is 0 Å². The van der Waals surface area contributed by atoms with Crippen molar-refractivity contribution in [1.82, 2.24) is 10.3 Å². The van der Waals surface area contributed by atoms with Gasteiger partial charge in [0.1, 0.15) is 5.82 Å². The summed E-state index contributed by atoms with van der Waals surface area (Å²) in [4.78, 5) is 14.7. The summed E-state index contributed by atoms with van der Waals surface area (Å²) in [6.07, 6.45) is 1.53. The van der Waals surface area contributed by atoms with E-state index < -0.39 is 0 Å². The molecule has 2 aromatic carbocycles. The third-order valence-electron chi connectivity index (χ3n) is 4.93. The molecule has 148 valence electrons. The quantitative estimate of drug-likeness (QED) is 0.551. The van der Waals surface area contributed by atoms with E-state index in [2.05, 4.69) is 15.4 Å². The topological polar surface area (TPSA) is 44.7 Å². The van der Waals surface area contributed by atoms with E-state index in [9.17, 15) is 9.18 Å². The lowest BCUT2D eigenvalue weighted by molar-refractivity contribution is -0.126. The number of likely N-dealkylation sites (tertiary alicyclic amines) is 1. The summed E-state index contributed by atoms with van der Waals surface area (Å²) >= 11 is 12.1. The Morgan fingerprint density at radius 2 is 1.86 bits per heavy atom. The van der Waals surface area contributed by atoms with Crippen LogP contribution in [0.3, 0.4) is 0 Å². The highest BCUT2D eigenvalue weighted by Gasteiger charge is 2.25. The maximum absolute atomic E-state index is 13.0. The molecule has 2 aromatic rings. The largest absolute Gasteiger partial charge is 0.299 e.